The van der Waals surface area contributed by atoms with Crippen LogP contribution in [0, 0.1) is 0 Å². The van der Waals surface area contributed by atoms with Crippen molar-refractivity contribution in [2.75, 3.05) is 0 Å². The van der Waals surface area contributed by atoms with Crippen molar-refractivity contribution in [1.82, 2.24) is 0 Å². The first kappa shape index (κ1) is 36.9. The van der Waals surface area contributed by atoms with Crippen LogP contribution in [0.15, 0.2) is 0 Å². The first-order chi connectivity index (χ1) is 6.00. The molecule has 0 fully saturated rings. The van der Waals surface area contributed by atoms with Gasteiger partial charge in [0.15, 0.2) is 0 Å². The van der Waals surface area contributed by atoms with Gasteiger partial charge in [-0.3, -0.25) is 0 Å². The molecule has 0 N–H and O–H groups in total. The Morgan fingerprint density at radius 2 is 0.500 bits per heavy atom. The third-order valence-electron chi connectivity index (χ3n) is 0. The van der Waals surface area contributed by atoms with Crippen LogP contribution in [0.2, 0.25) is 0 Å². The molecule has 0 unspecified atom stereocenters. The topological polar surface area (TPSA) is 259 Å². The largest absolute Gasteiger partial charge is 5.00 e. The zero-order chi connectivity index (χ0) is 13.5. The predicted molar refractivity (Wildman–Crippen MR) is 28.6 cm³/mol. The van der Waals surface area contributed by atoms with Crippen molar-refractivity contribution in [2.45, 2.75) is 0 Å². The molecule has 0 heterocycles. The van der Waals surface area contributed by atoms with Crippen LogP contribution >= 0.6 is 23.5 Å². The van der Waals surface area contributed by atoms with E-state index in [0.717, 1.165) is 0 Å². The van der Waals surface area contributed by atoms with Gasteiger partial charge < -0.3 is 57.7 Å². The van der Waals surface area contributed by atoms with Crippen molar-refractivity contribution in [1.29, 1.82) is 0 Å². The molecule has 0 aliphatic rings. The first-order valence-electron chi connectivity index (χ1n) is 2.19. The maximum atomic E-state index is 8.55. The summed E-state index contributed by atoms with van der Waals surface area (Å²) in [7, 11) is -16.2. The Bertz CT molecular complexity index is 213. The van der Waals surface area contributed by atoms with Gasteiger partial charge in [-0.15, -0.1) is 0 Å². The predicted octanol–water partition coefficient (Wildman–Crippen LogP) is -11.9. The Morgan fingerprint density at radius 3 is 0.500 bits per heavy atom. The molecule has 0 aromatic rings. The van der Waals surface area contributed by atoms with Crippen LogP contribution in [0.4, 0.5) is 0 Å². The van der Waals surface area contributed by atoms with Gasteiger partial charge in [-0.05, 0) is 0 Å². The molecule has 0 atom stereocenters. The van der Waals surface area contributed by atoms with Gasteiger partial charge in [0.25, 0.3) is 0 Å². The fourth-order valence-corrected chi connectivity index (χ4v) is 0. The van der Waals surface area contributed by atoms with Crippen LogP contribution in [0.5, 0.6) is 0 Å². The molecular formula is AlLiO12P3Ta. The molecule has 0 saturated heterocycles. The van der Waals surface area contributed by atoms with Gasteiger partial charge in [0.05, 0.1) is 0 Å². The van der Waals surface area contributed by atoms with Crippen LogP contribution in [0.1, 0.15) is 0 Å². The Balaban J connectivity index is -0.0000000277. The zero-order valence-electron chi connectivity index (χ0n) is 8.27. The van der Waals surface area contributed by atoms with Crippen LogP contribution < -0.4 is 62.9 Å². The summed E-state index contributed by atoms with van der Waals surface area (Å²) in [5, 5.41) is 0. The maximum absolute atomic E-state index is 8.55. The summed E-state index contributed by atoms with van der Waals surface area (Å²) in [6, 6.07) is 0. The number of hydrogen-bond acceptors (Lipinski definition) is 12. The molecule has 18 heavy (non-hydrogen) atoms. The molecule has 96 valence electrons. The van der Waals surface area contributed by atoms with Crippen molar-refractivity contribution in [2.24, 2.45) is 0 Å². The molecule has 0 aromatic heterocycles. The van der Waals surface area contributed by atoms with Crippen LogP contribution in [0.25, 0.3) is 0 Å². The monoisotopic (exact) mass is 500 g/mol. The van der Waals surface area contributed by atoms with E-state index in [0.29, 0.717) is 0 Å². The van der Waals surface area contributed by atoms with E-state index in [1.54, 1.807) is 0 Å². The summed E-state index contributed by atoms with van der Waals surface area (Å²) < 4.78 is 25.6. The summed E-state index contributed by atoms with van der Waals surface area (Å²) in [6.07, 6.45) is 0. The summed E-state index contributed by atoms with van der Waals surface area (Å²) in [5.41, 5.74) is 0. The fourth-order valence-electron chi connectivity index (χ4n) is 0. The molecule has 0 rings (SSSR count). The maximum Gasteiger partial charge on any atom is 5.00 e. The number of hydrogen-bond donors (Lipinski definition) is 0. The van der Waals surface area contributed by atoms with Crippen molar-refractivity contribution in [3.63, 3.8) is 0 Å². The molecule has 0 radical (unpaired) electrons. The molecule has 0 aliphatic carbocycles. The summed E-state index contributed by atoms with van der Waals surface area (Å²) in [6.45, 7) is 0. The summed E-state index contributed by atoms with van der Waals surface area (Å²) in [4.78, 5) is 76.9. The zero-order valence-corrected chi connectivity index (χ0v) is 15.3. The average Bonchev–Trinajstić information content (AvgIpc) is 1.41. The van der Waals surface area contributed by atoms with E-state index >= 15 is 0 Å². The van der Waals surface area contributed by atoms with Gasteiger partial charge in [0.2, 0.25) is 0 Å². The molecule has 12 nitrogen and oxygen atoms in total. The van der Waals surface area contributed by atoms with Crippen LogP contribution in [0.3, 0.4) is 0 Å². The van der Waals surface area contributed by atoms with E-state index in [-0.39, 0.29) is 58.6 Å². The molecular weight excluding hydrogens is 500 g/mol. The third-order valence-corrected chi connectivity index (χ3v) is 0. The Labute approximate surface area is 139 Å². The van der Waals surface area contributed by atoms with E-state index in [1.807, 2.05) is 0 Å². The standard InChI is InChI=1S/Al.Li.3H3O4P.Ta/c;;3*1-5(2,3)4;/h;;3*(H3,1,2,3,4);/q+3;+1;;;;+5/p-9. The van der Waals surface area contributed by atoms with Crippen molar-refractivity contribution in [3.8, 4) is 0 Å². The molecule has 18 heteroatoms. The van der Waals surface area contributed by atoms with E-state index < -0.39 is 23.5 Å². The Hall–Kier alpha value is 2.20. The van der Waals surface area contributed by atoms with Crippen molar-refractivity contribution in [3.05, 3.63) is 0 Å². The normalized spacial score (nSPS) is 9.83. The smallest absolute Gasteiger partial charge is 0.822 e. The molecule has 0 bridgehead atoms. The van der Waals surface area contributed by atoms with Gasteiger partial charge in [-0.1, -0.05) is 0 Å². The van der Waals surface area contributed by atoms with Crippen molar-refractivity contribution < 1.29 is 99.0 Å². The van der Waals surface area contributed by atoms with Gasteiger partial charge in [0, 0.05) is 0 Å². The minimum Gasteiger partial charge on any atom is -0.822 e. The van der Waals surface area contributed by atoms with E-state index in [2.05, 4.69) is 0 Å². The van der Waals surface area contributed by atoms with E-state index in [4.69, 9.17) is 57.7 Å². The Kier molecular flexibility index (Phi) is 32.0. The van der Waals surface area contributed by atoms with Crippen LogP contribution in [-0.4, -0.2) is 17.4 Å². The van der Waals surface area contributed by atoms with Crippen molar-refractivity contribution >= 4 is 40.8 Å². The quantitative estimate of drug-likeness (QED) is 0.222. The minimum absolute atomic E-state index is 0. The van der Waals surface area contributed by atoms with E-state index in [9.17, 15) is 0 Å². The van der Waals surface area contributed by atoms with Gasteiger partial charge in [-0.25, -0.2) is 0 Å². The summed E-state index contributed by atoms with van der Waals surface area (Å²) >= 11 is 0. The second kappa shape index (κ2) is 15.6. The molecule has 0 aromatic carbocycles. The van der Waals surface area contributed by atoms with E-state index in [1.165, 1.54) is 0 Å². The second-order valence-corrected chi connectivity index (χ2v) is 4.02. The number of rotatable bonds is 0. The minimum atomic E-state index is -5.39. The third kappa shape index (κ3) is 1110. The molecule has 0 amide bonds. The van der Waals surface area contributed by atoms with Gasteiger partial charge >= 0.3 is 58.6 Å². The van der Waals surface area contributed by atoms with Gasteiger partial charge in [0.1, 0.15) is 0 Å². The number of phosphoric acid groups is 3. The second-order valence-electron chi connectivity index (χ2n) is 1.34. The molecule has 0 aliphatic heterocycles. The first-order valence-corrected chi connectivity index (χ1v) is 6.57. The Morgan fingerprint density at radius 1 is 0.500 bits per heavy atom. The summed E-state index contributed by atoms with van der Waals surface area (Å²) in [5.74, 6) is 0. The molecule has 0 saturated carbocycles. The van der Waals surface area contributed by atoms with Gasteiger partial charge in [-0.2, -0.15) is 23.5 Å². The fraction of sp³-hybridized carbons (Fsp3) is 0. The van der Waals surface area contributed by atoms with Crippen LogP contribution in [-0.2, 0) is 36.1 Å². The SMILES string of the molecule is O=P([O-])([O-])[O-].O=P([O-])([O-])[O-].O=P([O-])([O-])[O-].[Al+3].[Li+].[Ta+5]. The average molecular weight is 500 g/mol. The molecule has 0 spiro atoms.